The van der Waals surface area contributed by atoms with Crippen LogP contribution in [0.2, 0.25) is 0 Å². The van der Waals surface area contributed by atoms with Crippen molar-refractivity contribution in [3.05, 3.63) is 297 Å². The number of aromatic nitrogens is 2. The predicted molar refractivity (Wildman–Crippen MR) is 317 cm³/mol. The molecule has 0 fully saturated rings. The van der Waals surface area contributed by atoms with Crippen LogP contribution in [0.5, 0.6) is 0 Å². The molecule has 3 nitrogen and oxygen atoms in total. The summed E-state index contributed by atoms with van der Waals surface area (Å²) in [5.41, 5.74) is 22.2. The molecule has 352 valence electrons. The average molecular weight is 956 g/mol. The quantitative estimate of drug-likeness (QED) is 0.133. The van der Waals surface area contributed by atoms with E-state index in [0.29, 0.717) is 0 Å². The Morgan fingerprint density at radius 1 is 0.187 bits per heavy atom. The van der Waals surface area contributed by atoms with E-state index in [0.717, 1.165) is 39.6 Å². The third kappa shape index (κ3) is 7.95. The van der Waals surface area contributed by atoms with Gasteiger partial charge in [-0.3, -0.25) is 0 Å². The molecular formula is C72H49N3. The van der Waals surface area contributed by atoms with E-state index in [1.807, 2.05) is 0 Å². The summed E-state index contributed by atoms with van der Waals surface area (Å²) in [7, 11) is 0. The number of anilines is 3. The molecule has 14 aromatic rings. The van der Waals surface area contributed by atoms with Crippen molar-refractivity contribution in [3.63, 3.8) is 0 Å². The fraction of sp³-hybridized carbons (Fsp3) is 0. The topological polar surface area (TPSA) is 13.1 Å². The van der Waals surface area contributed by atoms with Gasteiger partial charge in [-0.05, 0) is 153 Å². The highest BCUT2D eigenvalue weighted by Gasteiger charge is 2.17. The zero-order chi connectivity index (χ0) is 49.7. The highest BCUT2D eigenvalue weighted by molar-refractivity contribution is 6.11. The lowest BCUT2D eigenvalue weighted by atomic mass is 9.97. The van der Waals surface area contributed by atoms with E-state index >= 15 is 0 Å². The first-order valence-corrected chi connectivity index (χ1v) is 25.7. The molecule has 0 radical (unpaired) electrons. The van der Waals surface area contributed by atoms with E-state index in [4.69, 9.17) is 0 Å². The van der Waals surface area contributed by atoms with E-state index < -0.39 is 0 Å². The van der Waals surface area contributed by atoms with Gasteiger partial charge in [0.25, 0.3) is 0 Å². The summed E-state index contributed by atoms with van der Waals surface area (Å²) in [4.78, 5) is 2.36. The molecule has 75 heavy (non-hydrogen) atoms. The largest absolute Gasteiger partial charge is 0.311 e. The minimum Gasteiger partial charge on any atom is -0.311 e. The van der Waals surface area contributed by atoms with Crippen LogP contribution >= 0.6 is 0 Å². The molecule has 0 saturated heterocycles. The molecule has 0 amide bonds. The zero-order valence-corrected chi connectivity index (χ0v) is 41.1. The Morgan fingerprint density at radius 3 is 0.973 bits per heavy atom. The van der Waals surface area contributed by atoms with Crippen molar-refractivity contribution in [2.24, 2.45) is 0 Å². The Hall–Kier alpha value is -9.96. The smallest absolute Gasteiger partial charge is 0.0547 e. The average Bonchev–Trinajstić information content (AvgIpc) is 4.04. The summed E-state index contributed by atoms with van der Waals surface area (Å²) in [5, 5.41) is 5.03. The molecule has 2 aromatic heterocycles. The molecule has 0 aliphatic carbocycles. The molecule has 0 atom stereocenters. The van der Waals surface area contributed by atoms with Gasteiger partial charge in [0.2, 0.25) is 0 Å². The second-order valence-electron chi connectivity index (χ2n) is 19.3. The molecule has 3 heteroatoms. The number of benzene rings is 12. The minimum atomic E-state index is 1.08. The van der Waals surface area contributed by atoms with Crippen molar-refractivity contribution in [1.29, 1.82) is 0 Å². The van der Waals surface area contributed by atoms with Gasteiger partial charge in [0, 0.05) is 50.0 Å². The summed E-state index contributed by atoms with van der Waals surface area (Å²) < 4.78 is 4.77. The number of rotatable bonds is 10. The van der Waals surface area contributed by atoms with Crippen molar-refractivity contribution in [3.8, 4) is 67.0 Å². The second-order valence-corrected chi connectivity index (χ2v) is 19.3. The fourth-order valence-corrected chi connectivity index (χ4v) is 11.3. The normalized spacial score (nSPS) is 11.5. The van der Waals surface area contributed by atoms with E-state index in [-0.39, 0.29) is 0 Å². The summed E-state index contributed by atoms with van der Waals surface area (Å²) in [6.07, 6.45) is 0. The molecule has 0 unspecified atom stereocenters. The first-order chi connectivity index (χ1) is 37.2. The first kappa shape index (κ1) is 43.8. The molecule has 0 aliphatic heterocycles. The van der Waals surface area contributed by atoms with Crippen LogP contribution in [0.15, 0.2) is 297 Å². The monoisotopic (exact) mass is 955 g/mol. The lowest BCUT2D eigenvalue weighted by Crippen LogP contribution is -2.09. The molecule has 0 spiro atoms. The lowest BCUT2D eigenvalue weighted by molar-refractivity contribution is 1.18. The van der Waals surface area contributed by atoms with Crippen LogP contribution < -0.4 is 4.90 Å². The maximum absolute atomic E-state index is 2.39. The zero-order valence-electron chi connectivity index (χ0n) is 41.1. The molecule has 14 rings (SSSR count). The van der Waals surface area contributed by atoms with E-state index in [9.17, 15) is 0 Å². The van der Waals surface area contributed by atoms with Gasteiger partial charge >= 0.3 is 0 Å². The minimum absolute atomic E-state index is 1.08. The Kier molecular flexibility index (Phi) is 10.8. The standard InChI is InChI=1S/C72H49N3/c1-3-16-50(17-4-1)54-18-13-19-55(46-54)51-32-39-61(40-33-51)73(63-43-36-53(37-44-63)58-22-15-25-64(48-58)75-70-30-11-7-26-65(70)66-27-8-12-31-71(66)75)62-41-34-52(35-42-62)56-20-14-21-57(47-56)59-38-45-68-67-28-9-10-29-69(67)74(72(68)49-59)60-23-5-2-6-24-60/h1-49H. The SMILES string of the molecule is c1ccc(-c2cccc(-c3ccc(N(c4ccc(-c5cccc(-c6ccc7c8ccccc8n(-c8ccccc8)c7c6)c5)cc4)c4ccc(-c5cccc(-n6c7ccccc7c7ccccc76)c5)cc4)cc3)c2)cc1. The van der Waals surface area contributed by atoms with Crippen LogP contribution in [-0.4, -0.2) is 9.13 Å². The van der Waals surface area contributed by atoms with Crippen LogP contribution in [0.1, 0.15) is 0 Å². The summed E-state index contributed by atoms with van der Waals surface area (Å²) >= 11 is 0. The van der Waals surface area contributed by atoms with Crippen LogP contribution in [-0.2, 0) is 0 Å². The van der Waals surface area contributed by atoms with E-state index in [1.165, 1.54) is 88.1 Å². The van der Waals surface area contributed by atoms with Gasteiger partial charge < -0.3 is 14.0 Å². The van der Waals surface area contributed by atoms with Crippen molar-refractivity contribution in [2.75, 3.05) is 4.90 Å². The summed E-state index contributed by atoms with van der Waals surface area (Å²) in [5.74, 6) is 0. The van der Waals surface area contributed by atoms with Gasteiger partial charge in [0.1, 0.15) is 0 Å². The number of hydrogen-bond acceptors (Lipinski definition) is 1. The highest BCUT2D eigenvalue weighted by Crippen LogP contribution is 2.41. The maximum atomic E-state index is 2.39. The number of nitrogens with zero attached hydrogens (tertiary/aromatic N) is 3. The number of hydrogen-bond donors (Lipinski definition) is 0. The third-order valence-electron chi connectivity index (χ3n) is 14.9. The van der Waals surface area contributed by atoms with Gasteiger partial charge in [-0.15, -0.1) is 0 Å². The molecule has 0 aliphatic rings. The van der Waals surface area contributed by atoms with Gasteiger partial charge in [0.05, 0.1) is 22.1 Å². The number of para-hydroxylation sites is 4. The first-order valence-electron chi connectivity index (χ1n) is 25.7. The third-order valence-corrected chi connectivity index (χ3v) is 14.9. The molecule has 0 saturated carbocycles. The number of fused-ring (bicyclic) bond motifs is 6. The molecular weight excluding hydrogens is 907 g/mol. The van der Waals surface area contributed by atoms with Gasteiger partial charge in [-0.25, -0.2) is 0 Å². The van der Waals surface area contributed by atoms with Crippen molar-refractivity contribution >= 4 is 60.7 Å². The molecule has 12 aromatic carbocycles. The second kappa shape index (κ2) is 18.6. The van der Waals surface area contributed by atoms with Gasteiger partial charge in [0.15, 0.2) is 0 Å². The molecule has 0 bridgehead atoms. The van der Waals surface area contributed by atoms with Crippen LogP contribution in [0.4, 0.5) is 17.1 Å². The van der Waals surface area contributed by atoms with Gasteiger partial charge in [-0.2, -0.15) is 0 Å². The maximum Gasteiger partial charge on any atom is 0.0547 e. The van der Waals surface area contributed by atoms with Crippen LogP contribution in [0, 0.1) is 0 Å². The summed E-state index contributed by atoms with van der Waals surface area (Å²) in [6, 6.07) is 108. The fourth-order valence-electron chi connectivity index (χ4n) is 11.3. The Bertz CT molecular complexity index is 4320. The van der Waals surface area contributed by atoms with Crippen molar-refractivity contribution < 1.29 is 0 Å². The lowest BCUT2D eigenvalue weighted by Gasteiger charge is -2.26. The molecule has 2 heterocycles. The molecule has 0 N–H and O–H groups in total. The predicted octanol–water partition coefficient (Wildman–Crippen LogP) is 19.7. The highest BCUT2D eigenvalue weighted by atomic mass is 15.1. The summed E-state index contributed by atoms with van der Waals surface area (Å²) in [6.45, 7) is 0. The van der Waals surface area contributed by atoms with E-state index in [1.54, 1.807) is 0 Å². The van der Waals surface area contributed by atoms with Gasteiger partial charge in [-0.1, -0.05) is 200 Å². The Labute approximate surface area is 436 Å². The van der Waals surface area contributed by atoms with Crippen molar-refractivity contribution in [2.45, 2.75) is 0 Å². The Balaban J connectivity index is 0.813. The van der Waals surface area contributed by atoms with Crippen LogP contribution in [0.25, 0.3) is 111 Å². The van der Waals surface area contributed by atoms with Crippen LogP contribution in [0.3, 0.4) is 0 Å². The van der Waals surface area contributed by atoms with Crippen molar-refractivity contribution in [1.82, 2.24) is 9.13 Å². The Morgan fingerprint density at radius 2 is 0.493 bits per heavy atom. The van der Waals surface area contributed by atoms with E-state index in [2.05, 4.69) is 311 Å².